The molecule has 0 spiro atoms. The zero-order valence-corrected chi connectivity index (χ0v) is 13.6. The zero-order chi connectivity index (χ0) is 16.4. The van der Waals surface area contributed by atoms with Crippen molar-refractivity contribution in [2.45, 2.75) is 6.42 Å². The molecule has 2 N–H and O–H groups in total. The average Bonchev–Trinajstić information content (AvgIpc) is 3.23. The van der Waals surface area contributed by atoms with Crippen LogP contribution in [-0.4, -0.2) is 50.4 Å². The minimum Gasteiger partial charge on any atom is -0.337 e. The number of nitro groups is 1. The van der Waals surface area contributed by atoms with Crippen LogP contribution >= 0.6 is 12.4 Å². The zero-order valence-electron chi connectivity index (χ0n) is 12.7. The number of aromatic nitrogens is 3. The summed E-state index contributed by atoms with van der Waals surface area (Å²) in [6.07, 6.45) is 2.37. The second kappa shape index (κ2) is 7.37. The van der Waals surface area contributed by atoms with Gasteiger partial charge in [0.25, 0.3) is 11.6 Å². The predicted octanol–water partition coefficient (Wildman–Crippen LogP) is 1.02. The van der Waals surface area contributed by atoms with Gasteiger partial charge in [-0.15, -0.1) is 17.5 Å². The first kappa shape index (κ1) is 17.8. The second-order valence-corrected chi connectivity index (χ2v) is 5.47. The topological polar surface area (TPSA) is 120 Å². The Bertz CT molecular complexity index is 750. The maximum absolute atomic E-state index is 12.4. The fourth-order valence-corrected chi connectivity index (χ4v) is 2.61. The minimum atomic E-state index is -0.482. The van der Waals surface area contributed by atoms with Gasteiger partial charge in [0.2, 0.25) is 0 Å². The van der Waals surface area contributed by atoms with E-state index in [0.717, 1.165) is 6.42 Å². The highest BCUT2D eigenvalue weighted by Gasteiger charge is 2.27. The Morgan fingerprint density at radius 2 is 2.25 bits per heavy atom. The third-order valence-electron chi connectivity index (χ3n) is 3.92. The Morgan fingerprint density at radius 1 is 1.46 bits per heavy atom. The number of carbonyl (C=O) groups excluding carboxylic acids is 1. The lowest BCUT2D eigenvalue weighted by Gasteiger charge is -2.13. The highest BCUT2D eigenvalue weighted by Crippen LogP contribution is 2.19. The summed E-state index contributed by atoms with van der Waals surface area (Å²) in [5.74, 6) is 0.128. The summed E-state index contributed by atoms with van der Waals surface area (Å²) in [5, 5.41) is 18.6. The number of benzene rings is 1. The maximum atomic E-state index is 12.4. The molecule has 24 heavy (non-hydrogen) atoms. The van der Waals surface area contributed by atoms with Crippen LogP contribution in [0.4, 0.5) is 5.69 Å². The summed E-state index contributed by atoms with van der Waals surface area (Å²) in [6.45, 7) is 1.84. The van der Waals surface area contributed by atoms with Gasteiger partial charge in [-0.25, -0.2) is 4.68 Å². The van der Waals surface area contributed by atoms with Crippen molar-refractivity contribution in [3.05, 3.63) is 46.3 Å². The SMILES string of the molecule is Cl.NCC1CCN(C(=O)c2cn(-c3cccc([N+](=O)[O-])c3)nn2)C1. The van der Waals surface area contributed by atoms with Gasteiger partial charge in [-0.05, 0) is 24.9 Å². The first-order valence-electron chi connectivity index (χ1n) is 7.25. The molecule has 10 heteroatoms. The second-order valence-electron chi connectivity index (χ2n) is 5.47. The number of nitrogens with two attached hydrogens (primary N) is 1. The molecular formula is C14H17ClN6O3. The third-order valence-corrected chi connectivity index (χ3v) is 3.92. The van der Waals surface area contributed by atoms with Crippen LogP contribution in [0.25, 0.3) is 5.69 Å². The number of rotatable bonds is 4. The van der Waals surface area contributed by atoms with Gasteiger partial charge in [0.1, 0.15) is 0 Å². The van der Waals surface area contributed by atoms with E-state index in [4.69, 9.17) is 5.73 Å². The molecule has 1 fully saturated rings. The summed E-state index contributed by atoms with van der Waals surface area (Å²) in [6, 6.07) is 5.99. The highest BCUT2D eigenvalue weighted by atomic mass is 35.5. The van der Waals surface area contributed by atoms with Crippen molar-refractivity contribution in [1.82, 2.24) is 19.9 Å². The third kappa shape index (κ3) is 3.52. The normalized spacial score (nSPS) is 16.7. The van der Waals surface area contributed by atoms with Gasteiger partial charge < -0.3 is 10.6 Å². The van der Waals surface area contributed by atoms with E-state index in [0.29, 0.717) is 31.2 Å². The summed E-state index contributed by atoms with van der Waals surface area (Å²) >= 11 is 0. The van der Waals surface area contributed by atoms with E-state index in [2.05, 4.69) is 10.3 Å². The smallest absolute Gasteiger partial charge is 0.276 e. The molecule has 0 radical (unpaired) electrons. The Kier molecular flexibility index (Phi) is 5.47. The number of likely N-dealkylation sites (tertiary alicyclic amines) is 1. The fourth-order valence-electron chi connectivity index (χ4n) is 2.61. The van der Waals surface area contributed by atoms with Crippen molar-refractivity contribution in [3.8, 4) is 5.69 Å². The number of amides is 1. The Balaban J connectivity index is 0.00000208. The Labute approximate surface area is 144 Å². The van der Waals surface area contributed by atoms with Crippen LogP contribution in [0.3, 0.4) is 0 Å². The lowest BCUT2D eigenvalue weighted by atomic mass is 10.1. The molecule has 1 amide bonds. The predicted molar refractivity (Wildman–Crippen MR) is 88.3 cm³/mol. The summed E-state index contributed by atoms with van der Waals surface area (Å²) in [7, 11) is 0. The lowest BCUT2D eigenvalue weighted by molar-refractivity contribution is -0.384. The van der Waals surface area contributed by atoms with E-state index in [1.165, 1.54) is 23.0 Å². The molecule has 0 saturated carbocycles. The minimum absolute atomic E-state index is 0. The van der Waals surface area contributed by atoms with Crippen molar-refractivity contribution < 1.29 is 9.72 Å². The van der Waals surface area contributed by atoms with Crippen LogP contribution in [0.1, 0.15) is 16.9 Å². The van der Waals surface area contributed by atoms with Gasteiger partial charge in [-0.1, -0.05) is 11.3 Å². The van der Waals surface area contributed by atoms with Gasteiger partial charge >= 0.3 is 0 Å². The van der Waals surface area contributed by atoms with Crippen molar-refractivity contribution in [2.75, 3.05) is 19.6 Å². The molecule has 9 nitrogen and oxygen atoms in total. The molecule has 1 aromatic heterocycles. The van der Waals surface area contributed by atoms with E-state index in [1.807, 2.05) is 0 Å². The highest BCUT2D eigenvalue weighted by molar-refractivity contribution is 5.92. The summed E-state index contributed by atoms with van der Waals surface area (Å²) in [4.78, 5) is 24.4. The largest absolute Gasteiger partial charge is 0.337 e. The molecule has 0 bridgehead atoms. The molecule has 1 unspecified atom stereocenters. The first-order valence-corrected chi connectivity index (χ1v) is 7.25. The van der Waals surface area contributed by atoms with Gasteiger partial charge in [0.05, 0.1) is 16.8 Å². The van der Waals surface area contributed by atoms with Gasteiger partial charge in [-0.3, -0.25) is 14.9 Å². The molecule has 2 aromatic rings. The fraction of sp³-hybridized carbons (Fsp3) is 0.357. The maximum Gasteiger partial charge on any atom is 0.276 e. The van der Waals surface area contributed by atoms with Gasteiger partial charge in [0, 0.05) is 25.2 Å². The van der Waals surface area contributed by atoms with Crippen molar-refractivity contribution in [3.63, 3.8) is 0 Å². The molecule has 1 aliphatic heterocycles. The molecule has 0 aliphatic carbocycles. The standard InChI is InChI=1S/C14H16N6O3.ClH/c15-7-10-4-5-18(8-10)14(21)13-9-19(17-16-13)11-2-1-3-12(6-11)20(22)23;/h1-3,6,9-10H,4-5,7-8,15H2;1H. The molecule has 1 saturated heterocycles. The number of halogens is 1. The van der Waals surface area contributed by atoms with Crippen LogP contribution in [-0.2, 0) is 0 Å². The van der Waals surface area contributed by atoms with Crippen LogP contribution in [0.15, 0.2) is 30.5 Å². The van der Waals surface area contributed by atoms with E-state index in [-0.39, 0.29) is 29.7 Å². The molecule has 1 atom stereocenters. The first-order chi connectivity index (χ1) is 11.1. The van der Waals surface area contributed by atoms with Crippen LogP contribution in [0.2, 0.25) is 0 Å². The van der Waals surface area contributed by atoms with Crippen LogP contribution in [0.5, 0.6) is 0 Å². The number of nitro benzene ring substituents is 1. The number of hydrogen-bond acceptors (Lipinski definition) is 6. The summed E-state index contributed by atoms with van der Waals surface area (Å²) in [5.41, 5.74) is 6.28. The van der Waals surface area contributed by atoms with Gasteiger partial charge in [0.15, 0.2) is 5.69 Å². The number of nitrogens with zero attached hydrogens (tertiary/aromatic N) is 5. The van der Waals surface area contributed by atoms with E-state index in [9.17, 15) is 14.9 Å². The van der Waals surface area contributed by atoms with Gasteiger partial charge in [-0.2, -0.15) is 0 Å². The van der Waals surface area contributed by atoms with Crippen molar-refractivity contribution in [1.29, 1.82) is 0 Å². The monoisotopic (exact) mass is 352 g/mol. The van der Waals surface area contributed by atoms with Crippen molar-refractivity contribution >= 4 is 24.0 Å². The Morgan fingerprint density at radius 3 is 2.92 bits per heavy atom. The molecule has 1 aliphatic rings. The van der Waals surface area contributed by atoms with Crippen LogP contribution in [0, 0.1) is 16.0 Å². The quantitative estimate of drug-likeness (QED) is 0.647. The Hall–Kier alpha value is -2.52. The number of non-ortho nitro benzene ring substituents is 1. The molecule has 2 heterocycles. The molecule has 1 aromatic carbocycles. The lowest BCUT2D eigenvalue weighted by Crippen LogP contribution is -2.30. The number of hydrogen-bond donors (Lipinski definition) is 1. The molecule has 3 rings (SSSR count). The van der Waals surface area contributed by atoms with E-state index in [1.54, 1.807) is 17.0 Å². The van der Waals surface area contributed by atoms with E-state index >= 15 is 0 Å². The van der Waals surface area contributed by atoms with E-state index < -0.39 is 4.92 Å². The molecular weight excluding hydrogens is 336 g/mol. The van der Waals surface area contributed by atoms with Crippen LogP contribution < -0.4 is 5.73 Å². The van der Waals surface area contributed by atoms with Crippen molar-refractivity contribution in [2.24, 2.45) is 11.7 Å². The average molecular weight is 353 g/mol. The number of carbonyl (C=O) groups is 1. The summed E-state index contributed by atoms with van der Waals surface area (Å²) < 4.78 is 1.36. The molecule has 128 valence electrons.